The van der Waals surface area contributed by atoms with Crippen molar-refractivity contribution < 1.29 is 9.53 Å². The summed E-state index contributed by atoms with van der Waals surface area (Å²) in [4.78, 5) is 17.0. The minimum Gasteiger partial charge on any atom is -0.489 e. The van der Waals surface area contributed by atoms with Crippen LogP contribution >= 0.6 is 0 Å². The van der Waals surface area contributed by atoms with Crippen LogP contribution in [0.4, 0.5) is 0 Å². The quantitative estimate of drug-likeness (QED) is 0.752. The lowest BCUT2D eigenvalue weighted by Gasteiger charge is -2.31. The Morgan fingerprint density at radius 2 is 2.00 bits per heavy atom. The lowest BCUT2D eigenvalue weighted by molar-refractivity contribution is -0.138. The van der Waals surface area contributed by atoms with E-state index in [4.69, 9.17) is 4.74 Å². The van der Waals surface area contributed by atoms with E-state index in [0.29, 0.717) is 18.4 Å². The van der Waals surface area contributed by atoms with Crippen molar-refractivity contribution >= 4 is 5.91 Å². The van der Waals surface area contributed by atoms with Crippen LogP contribution < -0.4 is 4.74 Å². The zero-order valence-electron chi connectivity index (χ0n) is 14.5. The van der Waals surface area contributed by atoms with E-state index in [1.807, 2.05) is 12.1 Å². The van der Waals surface area contributed by atoms with Crippen LogP contribution in [-0.4, -0.2) is 48.5 Å². The van der Waals surface area contributed by atoms with Gasteiger partial charge in [0.1, 0.15) is 12.4 Å². The van der Waals surface area contributed by atoms with E-state index < -0.39 is 0 Å². The fourth-order valence-corrected chi connectivity index (χ4v) is 3.43. The van der Waals surface area contributed by atoms with Crippen molar-refractivity contribution in [3.63, 3.8) is 0 Å². The zero-order chi connectivity index (χ0) is 16.8. The lowest BCUT2D eigenvalue weighted by atomic mass is 9.84. The second-order valence-corrected chi connectivity index (χ2v) is 6.79. The van der Waals surface area contributed by atoms with E-state index in [1.54, 1.807) is 6.08 Å². The Morgan fingerprint density at radius 1 is 1.17 bits per heavy atom. The summed E-state index contributed by atoms with van der Waals surface area (Å²) in [6.45, 7) is 8.84. The van der Waals surface area contributed by atoms with E-state index in [-0.39, 0.29) is 0 Å². The molecule has 0 radical (unpaired) electrons. The molecule has 1 aliphatic heterocycles. The highest BCUT2D eigenvalue weighted by Crippen LogP contribution is 2.28. The highest BCUT2D eigenvalue weighted by molar-refractivity contribution is 5.79. The van der Waals surface area contributed by atoms with Crippen LogP contribution in [0, 0.1) is 5.92 Å². The van der Waals surface area contributed by atoms with Crippen molar-refractivity contribution in [1.29, 1.82) is 0 Å². The Hall–Kier alpha value is -1.81. The molecule has 0 atom stereocenters. The van der Waals surface area contributed by atoms with Crippen LogP contribution in [0.2, 0.25) is 0 Å². The predicted molar refractivity (Wildman–Crippen MR) is 95.9 cm³/mol. The Bertz CT molecular complexity index is 569. The third-order valence-electron chi connectivity index (χ3n) is 5.08. The van der Waals surface area contributed by atoms with Crippen molar-refractivity contribution in [2.24, 2.45) is 5.92 Å². The summed E-state index contributed by atoms with van der Waals surface area (Å²) in [5.74, 6) is 1.63. The van der Waals surface area contributed by atoms with Crippen molar-refractivity contribution in [3.8, 4) is 5.75 Å². The van der Waals surface area contributed by atoms with Crippen LogP contribution in [0.5, 0.6) is 5.75 Å². The molecule has 130 valence electrons. The molecule has 0 unspecified atom stereocenters. The van der Waals surface area contributed by atoms with Crippen LogP contribution in [0.1, 0.15) is 31.2 Å². The first-order valence-corrected chi connectivity index (χ1v) is 9.10. The number of nitrogens with zero attached hydrogens (tertiary/aromatic N) is 2. The van der Waals surface area contributed by atoms with Gasteiger partial charge in [-0.1, -0.05) is 37.3 Å². The molecule has 1 aromatic rings. The number of rotatable bonds is 6. The Labute approximate surface area is 145 Å². The summed E-state index contributed by atoms with van der Waals surface area (Å²) in [6.07, 6.45) is 6.22. The number of hydrogen-bond donors (Lipinski definition) is 0. The molecular weight excluding hydrogens is 300 g/mol. The fraction of sp³-hybridized carbons (Fsp3) is 0.550. The van der Waals surface area contributed by atoms with Gasteiger partial charge in [-0.3, -0.25) is 9.69 Å². The number of para-hydroxylation sites is 1. The molecule has 24 heavy (non-hydrogen) atoms. The molecule has 3 rings (SSSR count). The molecular formula is C20H28N2O2. The van der Waals surface area contributed by atoms with Gasteiger partial charge in [-0.2, -0.15) is 0 Å². The summed E-state index contributed by atoms with van der Waals surface area (Å²) >= 11 is 0. The highest BCUT2D eigenvalue weighted by Gasteiger charge is 2.30. The smallest absolute Gasteiger partial charge is 0.225 e. The van der Waals surface area contributed by atoms with E-state index in [0.717, 1.165) is 57.7 Å². The summed E-state index contributed by atoms with van der Waals surface area (Å²) in [5.41, 5.74) is 1.21. The van der Waals surface area contributed by atoms with Gasteiger partial charge < -0.3 is 9.64 Å². The molecule has 1 aromatic carbocycles. The molecule has 4 heteroatoms. The Morgan fingerprint density at radius 3 is 2.75 bits per heavy atom. The maximum atomic E-state index is 12.4. The number of ether oxygens (including phenoxy) is 1. The van der Waals surface area contributed by atoms with Crippen LogP contribution in [0.15, 0.2) is 36.9 Å². The van der Waals surface area contributed by atoms with E-state index in [2.05, 4.69) is 28.5 Å². The number of carbonyl (C=O) groups excluding carboxylic acids is 1. The normalized spacial score (nSPS) is 19.4. The molecule has 2 aliphatic rings. The second kappa shape index (κ2) is 8.34. The van der Waals surface area contributed by atoms with Crippen LogP contribution in [-0.2, 0) is 11.3 Å². The molecule has 1 heterocycles. The monoisotopic (exact) mass is 328 g/mol. The first-order valence-electron chi connectivity index (χ1n) is 9.10. The second-order valence-electron chi connectivity index (χ2n) is 6.79. The molecule has 0 spiro atoms. The van der Waals surface area contributed by atoms with E-state index in [1.165, 1.54) is 12.0 Å². The maximum absolute atomic E-state index is 12.4. The molecule has 2 fully saturated rings. The molecule has 1 saturated carbocycles. The molecule has 0 N–H and O–H groups in total. The molecule has 1 aliphatic carbocycles. The minimum atomic E-state index is 0.310. The summed E-state index contributed by atoms with van der Waals surface area (Å²) in [6, 6.07) is 8.20. The number of amides is 1. The predicted octanol–water partition coefficient (Wildman–Crippen LogP) is 3.09. The number of carbonyl (C=O) groups is 1. The topological polar surface area (TPSA) is 32.8 Å². The Balaban J connectivity index is 1.56. The summed E-state index contributed by atoms with van der Waals surface area (Å²) in [5, 5.41) is 0. The highest BCUT2D eigenvalue weighted by atomic mass is 16.5. The van der Waals surface area contributed by atoms with Crippen molar-refractivity contribution in [1.82, 2.24) is 9.80 Å². The number of hydrogen-bond acceptors (Lipinski definition) is 3. The van der Waals surface area contributed by atoms with Crippen molar-refractivity contribution in [2.75, 3.05) is 32.8 Å². The van der Waals surface area contributed by atoms with Gasteiger partial charge in [0.2, 0.25) is 5.91 Å². The standard InChI is InChI=1S/C20H28N2O2/c1-2-15-24-19-10-4-3-7-18(19)16-21-11-6-12-22(14-13-21)20(23)17-8-5-9-17/h2-4,7,10,17H,1,5-6,8-9,11-16H2. The molecule has 4 nitrogen and oxygen atoms in total. The molecule has 1 saturated heterocycles. The average molecular weight is 328 g/mol. The van der Waals surface area contributed by atoms with Gasteiger partial charge in [-0.05, 0) is 25.3 Å². The molecule has 0 bridgehead atoms. The van der Waals surface area contributed by atoms with E-state index >= 15 is 0 Å². The SMILES string of the molecule is C=CCOc1ccccc1CN1CCCN(C(=O)C2CCC2)CC1. The van der Waals surface area contributed by atoms with E-state index in [9.17, 15) is 4.79 Å². The maximum Gasteiger partial charge on any atom is 0.225 e. The van der Waals surface area contributed by atoms with Crippen LogP contribution in [0.3, 0.4) is 0 Å². The fourth-order valence-electron chi connectivity index (χ4n) is 3.43. The largest absolute Gasteiger partial charge is 0.489 e. The van der Waals surface area contributed by atoms with Gasteiger partial charge in [-0.15, -0.1) is 0 Å². The van der Waals surface area contributed by atoms with Gasteiger partial charge in [-0.25, -0.2) is 0 Å². The third-order valence-corrected chi connectivity index (χ3v) is 5.08. The summed E-state index contributed by atoms with van der Waals surface area (Å²) < 4.78 is 5.76. The summed E-state index contributed by atoms with van der Waals surface area (Å²) in [7, 11) is 0. The average Bonchev–Trinajstić information content (AvgIpc) is 2.78. The van der Waals surface area contributed by atoms with Crippen molar-refractivity contribution in [2.45, 2.75) is 32.2 Å². The van der Waals surface area contributed by atoms with Gasteiger partial charge in [0.05, 0.1) is 0 Å². The number of benzene rings is 1. The first kappa shape index (κ1) is 17.0. The van der Waals surface area contributed by atoms with Gasteiger partial charge in [0.25, 0.3) is 0 Å². The van der Waals surface area contributed by atoms with Gasteiger partial charge in [0.15, 0.2) is 0 Å². The zero-order valence-corrected chi connectivity index (χ0v) is 14.5. The van der Waals surface area contributed by atoms with Crippen LogP contribution in [0.25, 0.3) is 0 Å². The minimum absolute atomic E-state index is 0.310. The Kier molecular flexibility index (Phi) is 5.91. The van der Waals surface area contributed by atoms with Gasteiger partial charge in [0, 0.05) is 44.2 Å². The molecule has 0 aromatic heterocycles. The third kappa shape index (κ3) is 4.18. The lowest BCUT2D eigenvalue weighted by Crippen LogP contribution is -2.41. The van der Waals surface area contributed by atoms with Crippen molar-refractivity contribution in [3.05, 3.63) is 42.5 Å². The first-order chi connectivity index (χ1) is 11.8. The van der Waals surface area contributed by atoms with Gasteiger partial charge >= 0.3 is 0 Å². The molecule has 1 amide bonds.